The van der Waals surface area contributed by atoms with Crippen LogP contribution in [0, 0.1) is 0 Å². The van der Waals surface area contributed by atoms with Crippen LogP contribution in [0.5, 0.6) is 0 Å². The first-order chi connectivity index (χ1) is 7.70. The van der Waals surface area contributed by atoms with Crippen LogP contribution in [0.4, 0.5) is 5.69 Å². The lowest BCUT2D eigenvalue weighted by atomic mass is 10.2. The molecule has 1 aromatic heterocycles. The molecule has 0 unspecified atom stereocenters. The smallest absolute Gasteiger partial charge is 0.339 e. The highest BCUT2D eigenvalue weighted by atomic mass is 16.4. The van der Waals surface area contributed by atoms with Gasteiger partial charge in [0.25, 0.3) is 0 Å². The Balaban J connectivity index is 3.11. The molecule has 0 fully saturated rings. The van der Waals surface area contributed by atoms with Gasteiger partial charge >= 0.3 is 5.97 Å². The zero-order chi connectivity index (χ0) is 12.0. The third kappa shape index (κ3) is 2.70. The normalized spacial score (nSPS) is 9.50. The molecule has 84 valence electrons. The number of rotatable bonds is 6. The molecule has 0 aliphatic rings. The van der Waals surface area contributed by atoms with Gasteiger partial charge in [-0.3, -0.25) is 4.98 Å². The summed E-state index contributed by atoms with van der Waals surface area (Å²) in [6.07, 6.45) is 6.35. The minimum atomic E-state index is -0.985. The fourth-order valence-electron chi connectivity index (χ4n) is 1.41. The first-order valence-electron chi connectivity index (χ1n) is 4.84. The number of carboxylic acid groups (broad SMARTS) is 1. The highest BCUT2D eigenvalue weighted by Crippen LogP contribution is 2.19. The van der Waals surface area contributed by atoms with Crippen LogP contribution in [-0.4, -0.2) is 29.1 Å². The summed E-state index contributed by atoms with van der Waals surface area (Å²) in [6, 6.07) is 1.68. The molecule has 1 N–H and O–H groups in total. The van der Waals surface area contributed by atoms with E-state index in [0.29, 0.717) is 18.8 Å². The van der Waals surface area contributed by atoms with Crippen LogP contribution in [0.2, 0.25) is 0 Å². The summed E-state index contributed by atoms with van der Waals surface area (Å²) in [6.45, 7) is 8.42. The number of hydrogen-bond donors (Lipinski definition) is 1. The number of pyridine rings is 1. The quantitative estimate of drug-likeness (QED) is 0.741. The Morgan fingerprint density at radius 2 is 2.06 bits per heavy atom. The first-order valence-corrected chi connectivity index (χ1v) is 4.84. The van der Waals surface area contributed by atoms with Crippen LogP contribution < -0.4 is 4.90 Å². The van der Waals surface area contributed by atoms with Crippen LogP contribution in [0.1, 0.15) is 10.4 Å². The minimum absolute atomic E-state index is 0.186. The Labute approximate surface area is 94.5 Å². The summed E-state index contributed by atoms with van der Waals surface area (Å²) >= 11 is 0. The molecule has 4 heteroatoms. The lowest BCUT2D eigenvalue weighted by Gasteiger charge is -2.22. The number of aromatic carboxylic acids is 1. The number of aromatic nitrogens is 1. The summed E-state index contributed by atoms with van der Waals surface area (Å²) in [5.41, 5.74) is 0.813. The van der Waals surface area contributed by atoms with Gasteiger partial charge < -0.3 is 10.0 Å². The Hall–Kier alpha value is -2.10. The molecule has 0 saturated heterocycles. The van der Waals surface area contributed by atoms with Crippen LogP contribution >= 0.6 is 0 Å². The second-order valence-corrected chi connectivity index (χ2v) is 3.18. The maximum absolute atomic E-state index is 11.0. The second-order valence-electron chi connectivity index (χ2n) is 3.18. The Kier molecular flexibility index (Phi) is 4.27. The molecule has 0 saturated carbocycles. The van der Waals surface area contributed by atoms with Gasteiger partial charge in [0.2, 0.25) is 0 Å². The van der Waals surface area contributed by atoms with E-state index in [1.54, 1.807) is 24.4 Å². The summed E-state index contributed by atoms with van der Waals surface area (Å²) in [4.78, 5) is 16.7. The van der Waals surface area contributed by atoms with Gasteiger partial charge in [0.05, 0.1) is 5.69 Å². The van der Waals surface area contributed by atoms with E-state index in [0.717, 1.165) is 0 Å². The lowest BCUT2D eigenvalue weighted by molar-refractivity contribution is 0.0697. The maximum Gasteiger partial charge on any atom is 0.339 e. The van der Waals surface area contributed by atoms with Crippen molar-refractivity contribution in [3.63, 3.8) is 0 Å². The average Bonchev–Trinajstić information content (AvgIpc) is 2.29. The van der Waals surface area contributed by atoms with E-state index in [-0.39, 0.29) is 5.56 Å². The van der Waals surface area contributed by atoms with Crippen molar-refractivity contribution in [3.05, 3.63) is 49.3 Å². The van der Waals surface area contributed by atoms with Gasteiger partial charge in [-0.05, 0) is 6.07 Å². The van der Waals surface area contributed by atoms with Crippen molar-refractivity contribution < 1.29 is 9.90 Å². The highest BCUT2D eigenvalue weighted by molar-refractivity contribution is 5.94. The van der Waals surface area contributed by atoms with Gasteiger partial charge in [0, 0.05) is 25.5 Å². The molecule has 0 aliphatic heterocycles. The summed E-state index contributed by atoms with van der Waals surface area (Å²) in [5, 5.41) is 9.03. The summed E-state index contributed by atoms with van der Waals surface area (Å²) in [7, 11) is 0. The molecule has 16 heavy (non-hydrogen) atoms. The number of nitrogens with zero attached hydrogens (tertiary/aromatic N) is 2. The standard InChI is InChI=1S/C12H14N2O2/c1-3-7-14(8-4-2)11-5-6-13-9-10(11)12(15)16/h3-6,9H,1-2,7-8H2,(H,15,16). The van der Waals surface area contributed by atoms with E-state index in [9.17, 15) is 4.79 Å². The molecule has 1 rings (SSSR count). The zero-order valence-electron chi connectivity index (χ0n) is 8.97. The molecule has 0 atom stereocenters. The molecule has 0 radical (unpaired) electrons. The van der Waals surface area contributed by atoms with Gasteiger partial charge in [-0.2, -0.15) is 0 Å². The van der Waals surface area contributed by atoms with Crippen molar-refractivity contribution >= 4 is 11.7 Å². The summed E-state index contributed by atoms with van der Waals surface area (Å²) < 4.78 is 0. The molecule has 1 aromatic rings. The van der Waals surface area contributed by atoms with E-state index < -0.39 is 5.97 Å². The zero-order valence-corrected chi connectivity index (χ0v) is 8.97. The lowest BCUT2D eigenvalue weighted by Crippen LogP contribution is -2.25. The fraction of sp³-hybridized carbons (Fsp3) is 0.167. The Bertz CT molecular complexity index is 392. The fourth-order valence-corrected chi connectivity index (χ4v) is 1.41. The Morgan fingerprint density at radius 3 is 2.56 bits per heavy atom. The highest BCUT2D eigenvalue weighted by Gasteiger charge is 2.14. The first kappa shape index (κ1) is 12.0. The van der Waals surface area contributed by atoms with Crippen molar-refractivity contribution in [2.45, 2.75) is 0 Å². The topological polar surface area (TPSA) is 53.4 Å². The Morgan fingerprint density at radius 1 is 1.44 bits per heavy atom. The van der Waals surface area contributed by atoms with E-state index in [1.807, 2.05) is 4.90 Å². The molecule has 0 amide bonds. The molecule has 0 aliphatic carbocycles. The van der Waals surface area contributed by atoms with Gasteiger partial charge in [-0.1, -0.05) is 12.2 Å². The van der Waals surface area contributed by atoms with Gasteiger partial charge in [-0.15, -0.1) is 13.2 Å². The number of carboxylic acids is 1. The predicted octanol–water partition coefficient (Wildman–Crippen LogP) is 1.96. The van der Waals surface area contributed by atoms with Crippen LogP contribution in [0.15, 0.2) is 43.8 Å². The largest absolute Gasteiger partial charge is 0.478 e. The van der Waals surface area contributed by atoms with Crippen LogP contribution in [0.25, 0.3) is 0 Å². The van der Waals surface area contributed by atoms with E-state index in [1.165, 1.54) is 6.20 Å². The van der Waals surface area contributed by atoms with Crippen molar-refractivity contribution in [1.29, 1.82) is 0 Å². The maximum atomic E-state index is 11.0. The summed E-state index contributed by atoms with van der Waals surface area (Å²) in [5.74, 6) is -0.985. The van der Waals surface area contributed by atoms with Gasteiger partial charge in [0.1, 0.15) is 5.56 Å². The second kappa shape index (κ2) is 5.70. The SMILES string of the molecule is C=CCN(CC=C)c1ccncc1C(=O)O. The van der Waals surface area contributed by atoms with Crippen LogP contribution in [0.3, 0.4) is 0 Å². The van der Waals surface area contributed by atoms with E-state index in [4.69, 9.17) is 5.11 Å². The van der Waals surface area contributed by atoms with Crippen molar-refractivity contribution in [2.75, 3.05) is 18.0 Å². The van der Waals surface area contributed by atoms with Crippen molar-refractivity contribution in [3.8, 4) is 0 Å². The van der Waals surface area contributed by atoms with Crippen molar-refractivity contribution in [1.82, 2.24) is 4.98 Å². The van der Waals surface area contributed by atoms with E-state index in [2.05, 4.69) is 18.1 Å². The molecule has 0 bridgehead atoms. The molecule has 1 heterocycles. The molecule has 4 nitrogen and oxygen atoms in total. The number of anilines is 1. The molecule has 0 aromatic carbocycles. The predicted molar refractivity (Wildman–Crippen MR) is 63.8 cm³/mol. The van der Waals surface area contributed by atoms with Gasteiger partial charge in [-0.25, -0.2) is 4.79 Å². The molecular weight excluding hydrogens is 204 g/mol. The number of hydrogen-bond acceptors (Lipinski definition) is 3. The van der Waals surface area contributed by atoms with E-state index >= 15 is 0 Å². The monoisotopic (exact) mass is 218 g/mol. The van der Waals surface area contributed by atoms with Crippen molar-refractivity contribution in [2.24, 2.45) is 0 Å². The van der Waals surface area contributed by atoms with Crippen LogP contribution in [-0.2, 0) is 0 Å². The number of carbonyl (C=O) groups is 1. The average molecular weight is 218 g/mol. The van der Waals surface area contributed by atoms with Gasteiger partial charge in [0.15, 0.2) is 0 Å². The third-order valence-corrected chi connectivity index (χ3v) is 2.07. The molecule has 0 spiro atoms. The molecular formula is C12H14N2O2. The third-order valence-electron chi connectivity index (χ3n) is 2.07. The minimum Gasteiger partial charge on any atom is -0.478 e.